The van der Waals surface area contributed by atoms with E-state index in [4.69, 9.17) is 9.15 Å². The molecule has 1 heterocycles. The Hall–Kier alpha value is -1.88. The summed E-state index contributed by atoms with van der Waals surface area (Å²) in [7, 11) is 1.82. The first kappa shape index (κ1) is 13.5. The molecule has 2 rings (SSSR count). The molecule has 1 N–H and O–H groups in total. The second-order valence-electron chi connectivity index (χ2n) is 4.19. The zero-order valence-electron chi connectivity index (χ0n) is 10.8. The number of halogens is 2. The molecule has 1 aromatic heterocycles. The average Bonchev–Trinajstić information content (AvgIpc) is 2.69. The highest BCUT2D eigenvalue weighted by Crippen LogP contribution is 2.21. The Kier molecular flexibility index (Phi) is 4.16. The van der Waals surface area contributed by atoms with Gasteiger partial charge in [-0.3, -0.25) is 0 Å². The molecule has 0 fully saturated rings. The third-order valence-electron chi connectivity index (χ3n) is 2.70. The summed E-state index contributed by atoms with van der Waals surface area (Å²) in [5, 5.41) is 2.98. The number of hydrogen-bond donors (Lipinski definition) is 1. The largest absolute Gasteiger partial charge is 0.486 e. The Bertz CT molecular complexity index is 567. The van der Waals surface area contributed by atoms with Crippen molar-refractivity contribution in [2.45, 2.75) is 20.1 Å². The molecule has 2 aromatic rings. The molecule has 0 aliphatic rings. The first-order valence-electron chi connectivity index (χ1n) is 5.91. The minimum Gasteiger partial charge on any atom is -0.486 e. The van der Waals surface area contributed by atoms with E-state index in [0.717, 1.165) is 29.2 Å². The van der Waals surface area contributed by atoms with Crippen molar-refractivity contribution < 1.29 is 17.9 Å². The van der Waals surface area contributed by atoms with E-state index in [9.17, 15) is 8.78 Å². The van der Waals surface area contributed by atoms with Crippen LogP contribution in [0.25, 0.3) is 0 Å². The van der Waals surface area contributed by atoms with E-state index in [0.29, 0.717) is 6.54 Å². The molecule has 0 atom stereocenters. The minimum atomic E-state index is -0.711. The van der Waals surface area contributed by atoms with Gasteiger partial charge in [0.25, 0.3) is 0 Å². The first-order valence-corrected chi connectivity index (χ1v) is 5.91. The fourth-order valence-electron chi connectivity index (χ4n) is 1.74. The number of rotatable bonds is 5. The third-order valence-corrected chi connectivity index (χ3v) is 2.70. The lowest BCUT2D eigenvalue weighted by Crippen LogP contribution is -2.03. The van der Waals surface area contributed by atoms with Crippen LogP contribution in [0, 0.1) is 18.6 Å². The van der Waals surface area contributed by atoms with E-state index in [-0.39, 0.29) is 12.4 Å². The van der Waals surface area contributed by atoms with Crippen LogP contribution in [0.4, 0.5) is 8.78 Å². The molecule has 102 valence electrons. The second-order valence-corrected chi connectivity index (χ2v) is 4.19. The normalized spacial score (nSPS) is 10.7. The summed E-state index contributed by atoms with van der Waals surface area (Å²) in [6, 6.07) is 5.08. The molecule has 5 heteroatoms. The summed E-state index contributed by atoms with van der Waals surface area (Å²) in [5.74, 6) is 0.209. The summed E-state index contributed by atoms with van der Waals surface area (Å²) in [4.78, 5) is 0. The molecule has 0 bridgehead atoms. The molecule has 0 unspecified atom stereocenters. The van der Waals surface area contributed by atoms with Gasteiger partial charge in [-0.15, -0.1) is 0 Å². The van der Waals surface area contributed by atoms with Gasteiger partial charge in [-0.05, 0) is 32.2 Å². The van der Waals surface area contributed by atoms with Crippen LogP contribution in [0.2, 0.25) is 0 Å². The van der Waals surface area contributed by atoms with Gasteiger partial charge >= 0.3 is 0 Å². The summed E-state index contributed by atoms with van der Waals surface area (Å²) in [5.41, 5.74) is 0.842. The van der Waals surface area contributed by atoms with Crippen LogP contribution >= 0.6 is 0 Å². The second kappa shape index (κ2) is 5.84. The highest BCUT2D eigenvalue weighted by Gasteiger charge is 2.10. The van der Waals surface area contributed by atoms with Gasteiger partial charge in [-0.25, -0.2) is 8.78 Å². The standard InChI is InChI=1S/C14H15F2NO2/c1-9-10(5-12(19-9)7-17-2)8-18-14-4-3-11(15)6-13(14)16/h3-6,17H,7-8H2,1-2H3. The van der Waals surface area contributed by atoms with Gasteiger partial charge in [0.05, 0.1) is 6.54 Å². The van der Waals surface area contributed by atoms with Crippen molar-refractivity contribution in [3.8, 4) is 5.75 Å². The SMILES string of the molecule is CNCc1cc(COc2ccc(F)cc2F)c(C)o1. The van der Waals surface area contributed by atoms with E-state index < -0.39 is 11.6 Å². The lowest BCUT2D eigenvalue weighted by atomic mass is 10.2. The van der Waals surface area contributed by atoms with E-state index in [2.05, 4.69) is 5.32 Å². The third kappa shape index (κ3) is 3.32. The topological polar surface area (TPSA) is 34.4 Å². The summed E-state index contributed by atoms with van der Waals surface area (Å²) in [6.45, 7) is 2.62. The molecule has 3 nitrogen and oxygen atoms in total. The predicted octanol–water partition coefficient (Wildman–Crippen LogP) is 3.16. The van der Waals surface area contributed by atoms with Crippen LogP contribution < -0.4 is 10.1 Å². The first-order chi connectivity index (χ1) is 9.10. The van der Waals surface area contributed by atoms with Crippen LogP contribution in [-0.2, 0) is 13.2 Å². The Morgan fingerprint density at radius 3 is 2.74 bits per heavy atom. The van der Waals surface area contributed by atoms with Crippen molar-refractivity contribution in [2.75, 3.05) is 7.05 Å². The molecule has 19 heavy (non-hydrogen) atoms. The number of ether oxygens (including phenoxy) is 1. The predicted molar refractivity (Wildman–Crippen MR) is 66.9 cm³/mol. The lowest BCUT2D eigenvalue weighted by molar-refractivity contribution is 0.286. The van der Waals surface area contributed by atoms with Gasteiger partial charge in [0.2, 0.25) is 0 Å². The number of benzene rings is 1. The quantitative estimate of drug-likeness (QED) is 0.903. The Morgan fingerprint density at radius 1 is 1.26 bits per heavy atom. The maximum Gasteiger partial charge on any atom is 0.167 e. The fraction of sp³-hybridized carbons (Fsp3) is 0.286. The van der Waals surface area contributed by atoms with Crippen molar-refractivity contribution in [3.63, 3.8) is 0 Å². The van der Waals surface area contributed by atoms with Crippen LogP contribution in [0.15, 0.2) is 28.7 Å². The number of furan rings is 1. The van der Waals surface area contributed by atoms with Gasteiger partial charge in [0, 0.05) is 11.6 Å². The lowest BCUT2D eigenvalue weighted by Gasteiger charge is -2.06. The van der Waals surface area contributed by atoms with Crippen molar-refractivity contribution in [3.05, 3.63) is 53.0 Å². The summed E-state index contributed by atoms with van der Waals surface area (Å²) in [6.07, 6.45) is 0. The van der Waals surface area contributed by atoms with Crippen molar-refractivity contribution in [1.29, 1.82) is 0 Å². The molecule has 0 saturated heterocycles. The Balaban J connectivity index is 2.05. The molecule has 0 spiro atoms. The Labute approximate surface area is 110 Å². The van der Waals surface area contributed by atoms with Gasteiger partial charge in [-0.1, -0.05) is 0 Å². The average molecular weight is 267 g/mol. The van der Waals surface area contributed by atoms with E-state index in [1.165, 1.54) is 6.07 Å². The summed E-state index contributed by atoms with van der Waals surface area (Å²) < 4.78 is 37.0. The highest BCUT2D eigenvalue weighted by molar-refractivity contribution is 5.26. The zero-order valence-corrected chi connectivity index (χ0v) is 10.8. The molecule has 0 aliphatic carbocycles. The molecule has 0 radical (unpaired) electrons. The summed E-state index contributed by atoms with van der Waals surface area (Å²) >= 11 is 0. The van der Waals surface area contributed by atoms with E-state index >= 15 is 0 Å². The van der Waals surface area contributed by atoms with Crippen molar-refractivity contribution in [2.24, 2.45) is 0 Å². The van der Waals surface area contributed by atoms with Crippen molar-refractivity contribution >= 4 is 0 Å². The Morgan fingerprint density at radius 2 is 2.05 bits per heavy atom. The smallest absolute Gasteiger partial charge is 0.167 e. The molecular weight excluding hydrogens is 252 g/mol. The molecule has 0 amide bonds. The minimum absolute atomic E-state index is 0.0252. The number of aryl methyl sites for hydroxylation is 1. The van der Waals surface area contributed by atoms with Crippen LogP contribution in [0.3, 0.4) is 0 Å². The highest BCUT2D eigenvalue weighted by atomic mass is 19.1. The monoisotopic (exact) mass is 267 g/mol. The maximum absolute atomic E-state index is 13.4. The van der Waals surface area contributed by atoms with Crippen LogP contribution in [0.1, 0.15) is 17.1 Å². The van der Waals surface area contributed by atoms with E-state index in [1.807, 2.05) is 20.0 Å². The zero-order chi connectivity index (χ0) is 13.8. The maximum atomic E-state index is 13.4. The molecule has 0 aliphatic heterocycles. The van der Waals surface area contributed by atoms with Gasteiger partial charge in [-0.2, -0.15) is 0 Å². The van der Waals surface area contributed by atoms with Crippen LogP contribution in [-0.4, -0.2) is 7.05 Å². The molecule has 1 aromatic carbocycles. The van der Waals surface area contributed by atoms with E-state index in [1.54, 1.807) is 0 Å². The van der Waals surface area contributed by atoms with Gasteiger partial charge in [0.15, 0.2) is 11.6 Å². The van der Waals surface area contributed by atoms with Crippen LogP contribution in [0.5, 0.6) is 5.75 Å². The molecular formula is C14H15F2NO2. The molecule has 0 saturated carbocycles. The number of hydrogen-bond acceptors (Lipinski definition) is 3. The fourth-order valence-corrected chi connectivity index (χ4v) is 1.74. The van der Waals surface area contributed by atoms with Crippen molar-refractivity contribution in [1.82, 2.24) is 5.32 Å². The van der Waals surface area contributed by atoms with Gasteiger partial charge in [0.1, 0.15) is 23.9 Å². The number of nitrogens with one attached hydrogen (secondary N) is 1. The van der Waals surface area contributed by atoms with Gasteiger partial charge < -0.3 is 14.5 Å².